The predicted octanol–water partition coefficient (Wildman–Crippen LogP) is 4.79. The van der Waals surface area contributed by atoms with Crippen molar-refractivity contribution in [2.75, 3.05) is 32.7 Å². The monoisotopic (exact) mass is 354 g/mol. The van der Waals surface area contributed by atoms with Gasteiger partial charge in [-0.25, -0.2) is 0 Å². The molecule has 0 aromatic carbocycles. The van der Waals surface area contributed by atoms with E-state index in [1.165, 1.54) is 58.2 Å². The van der Waals surface area contributed by atoms with Crippen molar-refractivity contribution >= 4 is 0 Å². The molecule has 3 fully saturated rings. The van der Waals surface area contributed by atoms with Gasteiger partial charge >= 0.3 is 0 Å². The molecule has 0 aromatic rings. The summed E-state index contributed by atoms with van der Waals surface area (Å²) in [6, 6.07) is 0.646. The summed E-state index contributed by atoms with van der Waals surface area (Å²) in [5.41, 5.74) is 0. The lowest BCUT2D eigenvalue weighted by Gasteiger charge is -2.33. The first-order valence-electron chi connectivity index (χ1n) is 11.2. The van der Waals surface area contributed by atoms with E-state index < -0.39 is 0 Å². The van der Waals surface area contributed by atoms with Crippen molar-refractivity contribution in [1.29, 1.82) is 0 Å². The first-order valence-corrected chi connectivity index (χ1v) is 11.2. The Morgan fingerprint density at radius 2 is 1.44 bits per heavy atom. The summed E-state index contributed by atoms with van der Waals surface area (Å²) in [6.45, 7) is 17.1. The van der Waals surface area contributed by atoms with Crippen molar-refractivity contribution in [2.45, 2.75) is 98.1 Å². The van der Waals surface area contributed by atoms with Crippen LogP contribution in [0.3, 0.4) is 0 Å². The Hall–Kier alpha value is -0.120. The highest BCUT2D eigenvalue weighted by Crippen LogP contribution is 2.29. The van der Waals surface area contributed by atoms with Crippen LogP contribution in [0.2, 0.25) is 0 Å². The SMILES string of the molecule is CC.CC(C)N1CCC(O)CC1.CC1CCN(CCC2CCC2)CC1. The van der Waals surface area contributed by atoms with Crippen LogP contribution >= 0.6 is 0 Å². The number of aliphatic hydroxyl groups is 1. The van der Waals surface area contributed by atoms with E-state index in [-0.39, 0.29) is 6.10 Å². The summed E-state index contributed by atoms with van der Waals surface area (Å²) < 4.78 is 0. The van der Waals surface area contributed by atoms with Crippen molar-refractivity contribution < 1.29 is 5.11 Å². The number of hydrogen-bond acceptors (Lipinski definition) is 3. The summed E-state index contributed by atoms with van der Waals surface area (Å²) in [4.78, 5) is 5.09. The first-order chi connectivity index (χ1) is 12.0. The fourth-order valence-corrected chi connectivity index (χ4v) is 3.83. The maximum absolute atomic E-state index is 9.18. The Morgan fingerprint density at radius 1 is 0.880 bits per heavy atom. The molecular weight excluding hydrogens is 308 g/mol. The fraction of sp³-hybridized carbons (Fsp3) is 1.00. The van der Waals surface area contributed by atoms with Crippen molar-refractivity contribution in [3.63, 3.8) is 0 Å². The third-order valence-corrected chi connectivity index (χ3v) is 6.18. The molecule has 2 saturated heterocycles. The van der Waals surface area contributed by atoms with Gasteiger partial charge in [-0.2, -0.15) is 0 Å². The molecule has 3 aliphatic rings. The smallest absolute Gasteiger partial charge is 0.0564 e. The van der Waals surface area contributed by atoms with Gasteiger partial charge < -0.3 is 14.9 Å². The number of piperidine rings is 2. The summed E-state index contributed by atoms with van der Waals surface area (Å²) in [5, 5.41) is 9.18. The van der Waals surface area contributed by atoms with Gasteiger partial charge in [0.05, 0.1) is 6.10 Å². The molecule has 1 N–H and O–H groups in total. The average molecular weight is 355 g/mol. The van der Waals surface area contributed by atoms with Gasteiger partial charge in [0.25, 0.3) is 0 Å². The van der Waals surface area contributed by atoms with Crippen LogP contribution < -0.4 is 0 Å². The lowest BCUT2D eigenvalue weighted by atomic mass is 9.83. The second kappa shape index (κ2) is 13.1. The quantitative estimate of drug-likeness (QED) is 0.786. The molecule has 3 heteroatoms. The lowest BCUT2D eigenvalue weighted by Crippen LogP contribution is -2.39. The van der Waals surface area contributed by atoms with Crippen LogP contribution in [0.4, 0.5) is 0 Å². The van der Waals surface area contributed by atoms with Crippen molar-refractivity contribution in [3.05, 3.63) is 0 Å². The van der Waals surface area contributed by atoms with Crippen molar-refractivity contribution in [1.82, 2.24) is 9.80 Å². The Bertz CT molecular complexity index is 301. The molecule has 0 unspecified atom stereocenters. The molecule has 2 aliphatic heterocycles. The van der Waals surface area contributed by atoms with Gasteiger partial charge in [-0.05, 0) is 77.4 Å². The largest absolute Gasteiger partial charge is 0.393 e. The molecule has 1 aliphatic carbocycles. The summed E-state index contributed by atoms with van der Waals surface area (Å²) in [6.07, 6.45) is 10.8. The third-order valence-electron chi connectivity index (χ3n) is 6.18. The Balaban J connectivity index is 0.000000235. The van der Waals surface area contributed by atoms with Crippen molar-refractivity contribution in [2.24, 2.45) is 11.8 Å². The van der Waals surface area contributed by atoms with Gasteiger partial charge in [-0.1, -0.05) is 40.0 Å². The van der Waals surface area contributed by atoms with E-state index in [4.69, 9.17) is 0 Å². The van der Waals surface area contributed by atoms with Gasteiger partial charge in [0.1, 0.15) is 0 Å². The van der Waals surface area contributed by atoms with Gasteiger partial charge in [-0.3, -0.25) is 0 Å². The zero-order chi connectivity index (χ0) is 18.7. The number of rotatable bonds is 4. The fourth-order valence-electron chi connectivity index (χ4n) is 3.83. The molecule has 2 heterocycles. The predicted molar refractivity (Wildman–Crippen MR) is 110 cm³/mol. The molecule has 150 valence electrons. The van der Waals surface area contributed by atoms with Gasteiger partial charge in [0.2, 0.25) is 0 Å². The molecule has 0 amide bonds. The molecule has 0 spiro atoms. The Kier molecular flexibility index (Phi) is 12.0. The normalized spacial score (nSPS) is 24.1. The zero-order valence-corrected chi connectivity index (χ0v) is 17.8. The highest BCUT2D eigenvalue weighted by molar-refractivity contribution is 4.74. The lowest BCUT2D eigenvalue weighted by molar-refractivity contribution is 0.0685. The standard InChI is InChI=1S/C12H23N.C8H17NO.C2H6/c1-11-5-8-13(9-6-11)10-7-12-3-2-4-12;1-7(2)9-5-3-8(10)4-6-9;1-2/h11-12H,2-10H2,1H3;7-8,10H,3-6H2,1-2H3;1-2H3. The van der Waals surface area contributed by atoms with E-state index in [1.807, 2.05) is 13.8 Å². The van der Waals surface area contributed by atoms with Gasteiger partial charge in [-0.15, -0.1) is 0 Å². The second-order valence-corrected chi connectivity index (χ2v) is 8.47. The van der Waals surface area contributed by atoms with E-state index >= 15 is 0 Å². The second-order valence-electron chi connectivity index (χ2n) is 8.47. The first kappa shape index (κ1) is 22.9. The minimum Gasteiger partial charge on any atom is -0.393 e. The van der Waals surface area contributed by atoms with Crippen LogP contribution in [-0.2, 0) is 0 Å². The van der Waals surface area contributed by atoms with E-state index in [2.05, 4.69) is 30.6 Å². The number of aliphatic hydroxyl groups excluding tert-OH is 1. The van der Waals surface area contributed by atoms with Crippen LogP contribution in [0.5, 0.6) is 0 Å². The molecule has 3 nitrogen and oxygen atoms in total. The molecule has 1 saturated carbocycles. The topological polar surface area (TPSA) is 26.7 Å². The zero-order valence-electron chi connectivity index (χ0n) is 17.8. The third kappa shape index (κ3) is 9.40. The summed E-state index contributed by atoms with van der Waals surface area (Å²) in [5.74, 6) is 2.08. The summed E-state index contributed by atoms with van der Waals surface area (Å²) >= 11 is 0. The highest BCUT2D eigenvalue weighted by Gasteiger charge is 2.20. The molecular formula is C22H46N2O. The maximum Gasteiger partial charge on any atom is 0.0564 e. The van der Waals surface area contributed by atoms with E-state index in [0.717, 1.165) is 37.8 Å². The molecule has 0 aromatic heterocycles. The van der Waals surface area contributed by atoms with Crippen LogP contribution in [0.1, 0.15) is 86.0 Å². The minimum atomic E-state index is -0.0324. The van der Waals surface area contributed by atoms with Crippen LogP contribution in [0, 0.1) is 11.8 Å². The average Bonchev–Trinajstić information content (AvgIpc) is 2.58. The molecule has 0 atom stereocenters. The van der Waals surface area contributed by atoms with Crippen LogP contribution in [0.25, 0.3) is 0 Å². The van der Waals surface area contributed by atoms with Gasteiger partial charge in [0, 0.05) is 19.1 Å². The Labute approximate surface area is 158 Å². The highest BCUT2D eigenvalue weighted by atomic mass is 16.3. The van der Waals surface area contributed by atoms with Gasteiger partial charge in [0.15, 0.2) is 0 Å². The van der Waals surface area contributed by atoms with Crippen LogP contribution in [0.15, 0.2) is 0 Å². The molecule has 25 heavy (non-hydrogen) atoms. The van der Waals surface area contributed by atoms with E-state index in [1.54, 1.807) is 0 Å². The maximum atomic E-state index is 9.18. The number of likely N-dealkylation sites (tertiary alicyclic amines) is 2. The Morgan fingerprint density at radius 3 is 1.88 bits per heavy atom. The van der Waals surface area contributed by atoms with Crippen molar-refractivity contribution in [3.8, 4) is 0 Å². The number of nitrogens with zero attached hydrogens (tertiary/aromatic N) is 2. The molecule has 3 rings (SSSR count). The van der Waals surface area contributed by atoms with Crippen LogP contribution in [-0.4, -0.2) is 59.8 Å². The molecule has 0 radical (unpaired) electrons. The molecule has 0 bridgehead atoms. The van der Waals surface area contributed by atoms with E-state index in [0.29, 0.717) is 6.04 Å². The number of hydrogen-bond donors (Lipinski definition) is 1. The van der Waals surface area contributed by atoms with E-state index in [9.17, 15) is 5.11 Å². The minimum absolute atomic E-state index is 0.0324. The summed E-state index contributed by atoms with van der Waals surface area (Å²) in [7, 11) is 0.